The van der Waals surface area contributed by atoms with E-state index in [-0.39, 0.29) is 0 Å². The lowest BCUT2D eigenvalue weighted by molar-refractivity contribution is 0.878. The highest BCUT2D eigenvalue weighted by atomic mass is 15.0. The molecule has 21 heavy (non-hydrogen) atoms. The van der Waals surface area contributed by atoms with E-state index in [0.29, 0.717) is 5.92 Å². The number of nitrogens with zero attached hydrogens (tertiary/aromatic N) is 2. The Hall–Kier alpha value is -2.35. The van der Waals surface area contributed by atoms with Crippen molar-refractivity contribution in [3.05, 3.63) is 83.4 Å². The van der Waals surface area contributed by atoms with Crippen molar-refractivity contribution < 1.29 is 0 Å². The van der Waals surface area contributed by atoms with Crippen molar-refractivity contribution in [3.63, 3.8) is 0 Å². The highest BCUT2D eigenvalue weighted by Gasteiger charge is 2.12. The van der Waals surface area contributed by atoms with E-state index in [0.717, 1.165) is 11.4 Å². The SMILES string of the molecule is Cc1cc(C)cc([C@H](C)c2cn(-c3ccccc3)cn2)c1. The van der Waals surface area contributed by atoms with Crippen molar-refractivity contribution in [2.45, 2.75) is 26.7 Å². The van der Waals surface area contributed by atoms with Gasteiger partial charge in [0.05, 0.1) is 12.0 Å². The molecule has 0 fully saturated rings. The van der Waals surface area contributed by atoms with Crippen LogP contribution in [0.15, 0.2) is 61.1 Å². The number of aryl methyl sites for hydroxylation is 2. The highest BCUT2D eigenvalue weighted by molar-refractivity contribution is 5.36. The van der Waals surface area contributed by atoms with Gasteiger partial charge in [-0.25, -0.2) is 4.98 Å². The number of para-hydroxylation sites is 1. The van der Waals surface area contributed by atoms with Crippen LogP contribution in [0.2, 0.25) is 0 Å². The smallest absolute Gasteiger partial charge is 0.0995 e. The van der Waals surface area contributed by atoms with Crippen molar-refractivity contribution in [2.24, 2.45) is 0 Å². The molecule has 0 aliphatic carbocycles. The summed E-state index contributed by atoms with van der Waals surface area (Å²) in [7, 11) is 0. The van der Waals surface area contributed by atoms with Crippen molar-refractivity contribution >= 4 is 0 Å². The molecule has 3 rings (SSSR count). The molecule has 2 heteroatoms. The molecular weight excluding hydrogens is 256 g/mol. The Labute approximate surface area is 126 Å². The van der Waals surface area contributed by atoms with E-state index in [2.05, 4.69) is 66.9 Å². The summed E-state index contributed by atoms with van der Waals surface area (Å²) >= 11 is 0. The monoisotopic (exact) mass is 276 g/mol. The second-order valence-electron chi connectivity index (χ2n) is 5.68. The van der Waals surface area contributed by atoms with E-state index in [1.54, 1.807) is 0 Å². The first-order valence-electron chi connectivity index (χ1n) is 7.31. The number of hydrogen-bond donors (Lipinski definition) is 0. The van der Waals surface area contributed by atoms with Gasteiger partial charge in [0.2, 0.25) is 0 Å². The lowest BCUT2D eigenvalue weighted by atomic mass is 9.95. The molecule has 0 aliphatic heterocycles. The molecule has 0 bridgehead atoms. The zero-order valence-corrected chi connectivity index (χ0v) is 12.7. The molecule has 106 valence electrons. The number of rotatable bonds is 3. The van der Waals surface area contributed by atoms with E-state index in [9.17, 15) is 0 Å². The average Bonchev–Trinajstić information content (AvgIpc) is 2.96. The molecule has 2 aromatic carbocycles. The minimum absolute atomic E-state index is 0.300. The lowest BCUT2D eigenvalue weighted by Gasteiger charge is -2.11. The maximum absolute atomic E-state index is 4.59. The average molecular weight is 276 g/mol. The van der Waals surface area contributed by atoms with Crippen LogP contribution in [-0.2, 0) is 0 Å². The van der Waals surface area contributed by atoms with Crippen molar-refractivity contribution in [1.82, 2.24) is 9.55 Å². The van der Waals surface area contributed by atoms with Crippen molar-refractivity contribution in [2.75, 3.05) is 0 Å². The summed E-state index contributed by atoms with van der Waals surface area (Å²) < 4.78 is 2.08. The fourth-order valence-corrected chi connectivity index (χ4v) is 2.73. The Morgan fingerprint density at radius 1 is 0.952 bits per heavy atom. The van der Waals surface area contributed by atoms with E-state index >= 15 is 0 Å². The molecule has 0 aliphatic rings. The van der Waals surface area contributed by atoms with Crippen LogP contribution < -0.4 is 0 Å². The van der Waals surface area contributed by atoms with E-state index in [1.165, 1.54) is 16.7 Å². The Morgan fingerprint density at radius 3 is 2.29 bits per heavy atom. The fourth-order valence-electron chi connectivity index (χ4n) is 2.73. The van der Waals surface area contributed by atoms with Crippen molar-refractivity contribution in [1.29, 1.82) is 0 Å². The fraction of sp³-hybridized carbons (Fsp3) is 0.211. The predicted molar refractivity (Wildman–Crippen MR) is 87.0 cm³/mol. The van der Waals surface area contributed by atoms with Gasteiger partial charge in [-0.3, -0.25) is 0 Å². The second-order valence-corrected chi connectivity index (χ2v) is 5.68. The van der Waals surface area contributed by atoms with Gasteiger partial charge in [0.1, 0.15) is 0 Å². The Morgan fingerprint density at radius 2 is 1.62 bits per heavy atom. The number of imidazole rings is 1. The summed E-state index contributed by atoms with van der Waals surface area (Å²) in [5, 5.41) is 0. The second kappa shape index (κ2) is 5.57. The molecule has 1 heterocycles. The van der Waals surface area contributed by atoms with Crippen LogP contribution in [0, 0.1) is 13.8 Å². The number of aromatic nitrogens is 2. The first-order chi connectivity index (χ1) is 10.1. The maximum Gasteiger partial charge on any atom is 0.0995 e. The third-order valence-corrected chi connectivity index (χ3v) is 3.84. The van der Waals surface area contributed by atoms with E-state index < -0.39 is 0 Å². The largest absolute Gasteiger partial charge is 0.306 e. The lowest BCUT2D eigenvalue weighted by Crippen LogP contribution is -1.98. The van der Waals surface area contributed by atoms with Crippen LogP contribution in [0.3, 0.4) is 0 Å². The van der Waals surface area contributed by atoms with Gasteiger partial charge in [-0.2, -0.15) is 0 Å². The number of benzene rings is 2. The summed E-state index contributed by atoms with van der Waals surface area (Å²) in [6, 6.07) is 17.0. The standard InChI is InChI=1S/C19H20N2/c1-14-9-15(2)11-17(10-14)16(3)19-12-21(13-20-19)18-7-5-4-6-8-18/h4-13,16H,1-3H3/t16-/m0/s1. The third kappa shape index (κ3) is 2.89. The first kappa shape index (κ1) is 13.6. The molecule has 0 N–H and O–H groups in total. The Kier molecular flexibility index (Phi) is 3.61. The first-order valence-corrected chi connectivity index (χ1v) is 7.31. The van der Waals surface area contributed by atoms with Gasteiger partial charge >= 0.3 is 0 Å². The zero-order valence-electron chi connectivity index (χ0n) is 12.7. The van der Waals surface area contributed by atoms with Crippen LogP contribution in [-0.4, -0.2) is 9.55 Å². The van der Waals surface area contributed by atoms with Gasteiger partial charge in [-0.05, 0) is 31.5 Å². The van der Waals surface area contributed by atoms with Crippen LogP contribution >= 0.6 is 0 Å². The topological polar surface area (TPSA) is 17.8 Å². The predicted octanol–water partition coefficient (Wildman–Crippen LogP) is 4.64. The molecule has 0 amide bonds. The van der Waals surface area contributed by atoms with Gasteiger partial charge in [-0.1, -0.05) is 54.4 Å². The van der Waals surface area contributed by atoms with Crippen LogP contribution in [0.25, 0.3) is 5.69 Å². The van der Waals surface area contributed by atoms with Gasteiger partial charge in [-0.15, -0.1) is 0 Å². The minimum atomic E-state index is 0.300. The van der Waals surface area contributed by atoms with Crippen molar-refractivity contribution in [3.8, 4) is 5.69 Å². The zero-order chi connectivity index (χ0) is 14.8. The van der Waals surface area contributed by atoms with Gasteiger partial charge in [0, 0.05) is 17.8 Å². The molecule has 2 nitrogen and oxygen atoms in total. The molecule has 1 aromatic heterocycles. The summed E-state index contributed by atoms with van der Waals surface area (Å²) in [5.41, 5.74) is 6.18. The molecule has 0 unspecified atom stereocenters. The minimum Gasteiger partial charge on any atom is -0.306 e. The Bertz CT molecular complexity index is 721. The third-order valence-electron chi connectivity index (χ3n) is 3.84. The normalized spacial score (nSPS) is 12.3. The Balaban J connectivity index is 1.92. The van der Waals surface area contributed by atoms with Gasteiger partial charge < -0.3 is 4.57 Å². The van der Waals surface area contributed by atoms with E-state index in [1.807, 2.05) is 24.5 Å². The summed E-state index contributed by atoms with van der Waals surface area (Å²) in [6.07, 6.45) is 4.02. The van der Waals surface area contributed by atoms with E-state index in [4.69, 9.17) is 0 Å². The van der Waals surface area contributed by atoms with Crippen LogP contribution in [0.1, 0.15) is 35.2 Å². The van der Waals surface area contributed by atoms with Gasteiger partial charge in [0.25, 0.3) is 0 Å². The highest BCUT2D eigenvalue weighted by Crippen LogP contribution is 2.25. The molecular formula is C19H20N2. The molecule has 0 spiro atoms. The summed E-state index contributed by atoms with van der Waals surface area (Å²) in [5.74, 6) is 0.300. The molecule has 1 atom stereocenters. The summed E-state index contributed by atoms with van der Waals surface area (Å²) in [6.45, 7) is 6.50. The van der Waals surface area contributed by atoms with Gasteiger partial charge in [0.15, 0.2) is 0 Å². The molecule has 0 saturated heterocycles. The number of hydrogen-bond acceptors (Lipinski definition) is 1. The maximum atomic E-state index is 4.59. The quantitative estimate of drug-likeness (QED) is 0.681. The summed E-state index contributed by atoms with van der Waals surface area (Å²) in [4.78, 5) is 4.59. The molecule has 0 saturated carbocycles. The van der Waals surface area contributed by atoms with Crippen LogP contribution in [0.5, 0.6) is 0 Å². The molecule has 3 aromatic rings. The van der Waals surface area contributed by atoms with Crippen LogP contribution in [0.4, 0.5) is 0 Å². The molecule has 0 radical (unpaired) electrons.